The molecule has 0 spiro atoms. The summed E-state index contributed by atoms with van der Waals surface area (Å²) in [6.45, 7) is 0. The molecular weight excluding hydrogens is 114 g/mol. The smallest absolute Gasteiger partial charge is 0.241 e. The molecular formula is C4H6ClNO. The van der Waals surface area contributed by atoms with Crippen molar-refractivity contribution in [3.05, 3.63) is 0 Å². The Kier molecular flexibility index (Phi) is 0.869. The fourth-order valence-electron chi connectivity index (χ4n) is 0.331. The molecule has 40 valence electrons. The van der Waals surface area contributed by atoms with E-state index in [0.717, 1.165) is 12.8 Å². The lowest BCUT2D eigenvalue weighted by Gasteiger charge is -1.94. The number of carbonyl (C=O) groups is 1. The van der Waals surface area contributed by atoms with Crippen LogP contribution in [0.2, 0.25) is 0 Å². The molecule has 0 aromatic carbocycles. The summed E-state index contributed by atoms with van der Waals surface area (Å²) in [5, 5.41) is -0.396. The van der Waals surface area contributed by atoms with Crippen LogP contribution in [0.15, 0.2) is 0 Å². The molecule has 0 atom stereocenters. The molecule has 0 radical (unpaired) electrons. The number of halogens is 1. The van der Waals surface area contributed by atoms with Gasteiger partial charge >= 0.3 is 0 Å². The van der Waals surface area contributed by atoms with Crippen molar-refractivity contribution in [1.29, 1.82) is 0 Å². The van der Waals surface area contributed by atoms with Crippen molar-refractivity contribution in [2.24, 2.45) is 5.73 Å². The quantitative estimate of drug-likeness (QED) is 0.503. The lowest BCUT2D eigenvalue weighted by atomic mass is 10.3. The van der Waals surface area contributed by atoms with Gasteiger partial charge in [-0.1, -0.05) is 0 Å². The standard InChI is InChI=1S/C4H6ClNO/c5-3(7)4(6)1-2-4/h1-2,6H2. The highest BCUT2D eigenvalue weighted by molar-refractivity contribution is 6.66. The van der Waals surface area contributed by atoms with Crippen molar-refractivity contribution >= 4 is 16.8 Å². The molecule has 2 nitrogen and oxygen atoms in total. The highest BCUT2D eigenvalue weighted by Gasteiger charge is 2.44. The maximum absolute atomic E-state index is 10.2. The van der Waals surface area contributed by atoms with Crippen molar-refractivity contribution < 1.29 is 4.79 Å². The van der Waals surface area contributed by atoms with Crippen LogP contribution in [-0.2, 0) is 4.79 Å². The molecule has 1 saturated carbocycles. The second kappa shape index (κ2) is 1.20. The minimum Gasteiger partial charge on any atom is -0.318 e. The topological polar surface area (TPSA) is 43.1 Å². The zero-order chi connectivity index (χ0) is 5.49. The maximum Gasteiger partial charge on any atom is 0.241 e. The van der Waals surface area contributed by atoms with E-state index >= 15 is 0 Å². The monoisotopic (exact) mass is 119 g/mol. The lowest BCUT2D eigenvalue weighted by Crippen LogP contribution is -2.28. The van der Waals surface area contributed by atoms with Gasteiger partial charge in [0.1, 0.15) is 0 Å². The Labute approximate surface area is 46.6 Å². The summed E-state index contributed by atoms with van der Waals surface area (Å²) in [6.07, 6.45) is 1.52. The van der Waals surface area contributed by atoms with Gasteiger partial charge in [-0.15, -0.1) is 0 Å². The molecule has 0 bridgehead atoms. The zero-order valence-electron chi connectivity index (χ0n) is 3.78. The zero-order valence-corrected chi connectivity index (χ0v) is 4.53. The van der Waals surface area contributed by atoms with Crippen LogP contribution in [0.5, 0.6) is 0 Å². The SMILES string of the molecule is NC1(C(=O)Cl)CC1. The first kappa shape index (κ1) is 5.06. The number of carbonyl (C=O) groups excluding carboxylic acids is 1. The molecule has 0 unspecified atom stereocenters. The average Bonchev–Trinajstić information content (AvgIpc) is 2.21. The van der Waals surface area contributed by atoms with Gasteiger partial charge in [0.15, 0.2) is 0 Å². The number of hydrogen-bond acceptors (Lipinski definition) is 2. The van der Waals surface area contributed by atoms with Gasteiger partial charge in [0.25, 0.3) is 0 Å². The fraction of sp³-hybridized carbons (Fsp3) is 0.750. The van der Waals surface area contributed by atoms with E-state index in [9.17, 15) is 4.79 Å². The highest BCUT2D eigenvalue weighted by Crippen LogP contribution is 2.33. The van der Waals surface area contributed by atoms with E-state index in [2.05, 4.69) is 0 Å². The summed E-state index contributed by atoms with van der Waals surface area (Å²) in [5.41, 5.74) is 4.68. The molecule has 0 amide bonds. The number of rotatable bonds is 1. The number of hydrogen-bond donors (Lipinski definition) is 1. The van der Waals surface area contributed by atoms with E-state index in [1.165, 1.54) is 0 Å². The van der Waals surface area contributed by atoms with Crippen molar-refractivity contribution in [2.45, 2.75) is 18.4 Å². The summed E-state index contributed by atoms with van der Waals surface area (Å²) >= 11 is 5.05. The van der Waals surface area contributed by atoms with Crippen LogP contribution >= 0.6 is 11.6 Å². The minimum atomic E-state index is -0.623. The highest BCUT2D eigenvalue weighted by atomic mass is 35.5. The summed E-state index contributed by atoms with van der Waals surface area (Å²) in [4.78, 5) is 10.2. The normalized spacial score (nSPS) is 24.3. The Morgan fingerprint density at radius 3 is 2.14 bits per heavy atom. The summed E-state index contributed by atoms with van der Waals surface area (Å²) < 4.78 is 0. The predicted octanol–water partition coefficient (Wildman–Crippen LogP) is 0.243. The average molecular weight is 120 g/mol. The molecule has 7 heavy (non-hydrogen) atoms. The van der Waals surface area contributed by atoms with E-state index in [4.69, 9.17) is 17.3 Å². The first-order chi connectivity index (χ1) is 3.15. The third-order valence-corrected chi connectivity index (χ3v) is 1.56. The Morgan fingerprint density at radius 1 is 1.71 bits per heavy atom. The predicted molar refractivity (Wildman–Crippen MR) is 27.0 cm³/mol. The molecule has 1 aliphatic carbocycles. The molecule has 3 heteroatoms. The van der Waals surface area contributed by atoms with Gasteiger partial charge in [0.05, 0.1) is 5.54 Å². The van der Waals surface area contributed by atoms with Gasteiger partial charge < -0.3 is 5.73 Å². The molecule has 1 rings (SSSR count). The van der Waals surface area contributed by atoms with Crippen LogP contribution in [0.1, 0.15) is 12.8 Å². The van der Waals surface area contributed by atoms with E-state index < -0.39 is 10.8 Å². The van der Waals surface area contributed by atoms with Crippen LogP contribution in [0, 0.1) is 0 Å². The Balaban J connectivity index is 2.55. The van der Waals surface area contributed by atoms with E-state index in [1.807, 2.05) is 0 Å². The fourth-order valence-corrected chi connectivity index (χ4v) is 0.520. The van der Waals surface area contributed by atoms with Crippen molar-refractivity contribution in [3.63, 3.8) is 0 Å². The van der Waals surface area contributed by atoms with Crippen LogP contribution in [-0.4, -0.2) is 10.8 Å². The van der Waals surface area contributed by atoms with Crippen LogP contribution in [0.4, 0.5) is 0 Å². The van der Waals surface area contributed by atoms with Gasteiger partial charge in [-0.2, -0.15) is 0 Å². The van der Waals surface area contributed by atoms with Crippen molar-refractivity contribution in [1.82, 2.24) is 0 Å². The molecule has 1 aliphatic rings. The Morgan fingerprint density at radius 2 is 2.14 bits per heavy atom. The van der Waals surface area contributed by atoms with Crippen molar-refractivity contribution in [3.8, 4) is 0 Å². The van der Waals surface area contributed by atoms with Crippen molar-refractivity contribution in [2.75, 3.05) is 0 Å². The second-order valence-electron chi connectivity index (χ2n) is 1.93. The Hall–Kier alpha value is -0.0800. The molecule has 0 aliphatic heterocycles. The van der Waals surface area contributed by atoms with Crippen LogP contribution in [0.25, 0.3) is 0 Å². The molecule has 0 saturated heterocycles. The molecule has 2 N–H and O–H groups in total. The molecule has 0 aromatic rings. The maximum atomic E-state index is 10.2. The third kappa shape index (κ3) is 0.763. The van der Waals surface area contributed by atoms with Gasteiger partial charge in [-0.05, 0) is 24.4 Å². The third-order valence-electron chi connectivity index (χ3n) is 1.18. The molecule has 0 aromatic heterocycles. The van der Waals surface area contributed by atoms with Gasteiger partial charge in [0, 0.05) is 0 Å². The summed E-state index contributed by atoms with van der Waals surface area (Å²) in [6, 6.07) is 0. The van der Waals surface area contributed by atoms with Crippen LogP contribution < -0.4 is 5.73 Å². The summed E-state index contributed by atoms with van der Waals surface area (Å²) in [5.74, 6) is 0. The van der Waals surface area contributed by atoms with E-state index in [-0.39, 0.29) is 0 Å². The first-order valence-electron chi connectivity index (χ1n) is 2.14. The first-order valence-corrected chi connectivity index (χ1v) is 2.52. The van der Waals surface area contributed by atoms with Gasteiger partial charge in [-0.25, -0.2) is 0 Å². The minimum absolute atomic E-state index is 0.396. The second-order valence-corrected chi connectivity index (χ2v) is 2.27. The van der Waals surface area contributed by atoms with Gasteiger partial charge in [-0.3, -0.25) is 4.79 Å². The Bertz CT molecular complexity index is 108. The van der Waals surface area contributed by atoms with Crippen LogP contribution in [0.3, 0.4) is 0 Å². The van der Waals surface area contributed by atoms with Gasteiger partial charge in [0.2, 0.25) is 5.24 Å². The summed E-state index contributed by atoms with van der Waals surface area (Å²) in [7, 11) is 0. The number of nitrogens with two attached hydrogens (primary N) is 1. The van der Waals surface area contributed by atoms with E-state index in [0.29, 0.717) is 0 Å². The van der Waals surface area contributed by atoms with E-state index in [1.54, 1.807) is 0 Å². The largest absolute Gasteiger partial charge is 0.318 e. The lowest BCUT2D eigenvalue weighted by molar-refractivity contribution is -0.113. The molecule has 0 heterocycles. The molecule has 1 fully saturated rings.